The fraction of sp³-hybridized carbons (Fsp3) is 0.366. The summed E-state index contributed by atoms with van der Waals surface area (Å²) in [7, 11) is -6.07. The van der Waals surface area contributed by atoms with Crippen LogP contribution in [0.25, 0.3) is 28.7 Å². The molecule has 300 valence electrons. The van der Waals surface area contributed by atoms with Crippen LogP contribution in [0.5, 0.6) is 0 Å². The van der Waals surface area contributed by atoms with E-state index in [0.717, 1.165) is 27.6 Å². The number of fused-ring (bicyclic) bond motifs is 2. The van der Waals surface area contributed by atoms with Crippen molar-refractivity contribution in [2.45, 2.75) is 49.8 Å². The molecule has 1 atom stereocenters. The van der Waals surface area contributed by atoms with Crippen LogP contribution in [0, 0.1) is 6.92 Å². The summed E-state index contributed by atoms with van der Waals surface area (Å²) in [5.41, 5.74) is 4.08. The molecule has 2 aromatic carbocycles. The zero-order chi connectivity index (χ0) is 40.7. The van der Waals surface area contributed by atoms with Crippen molar-refractivity contribution in [3.05, 3.63) is 107 Å². The molecule has 0 spiro atoms. The van der Waals surface area contributed by atoms with E-state index in [1.54, 1.807) is 14.2 Å². The van der Waals surface area contributed by atoms with E-state index in [1.165, 1.54) is 18.2 Å². The highest BCUT2D eigenvalue weighted by molar-refractivity contribution is 7.86. The number of carboxylic acids is 1. The molecule has 0 amide bonds. The Morgan fingerprint density at radius 1 is 0.964 bits per heavy atom. The Bertz CT molecular complexity index is 2360. The first-order chi connectivity index (χ1) is 26.6. The second-order valence-electron chi connectivity index (χ2n) is 13.9. The molecular formula is C41H47N2O11S2-. The minimum Gasteiger partial charge on any atom is -0.748 e. The van der Waals surface area contributed by atoms with Gasteiger partial charge in [0.05, 0.1) is 21.1 Å². The fourth-order valence-electron chi connectivity index (χ4n) is 7.30. The SMILES string of the molecule is COCC[N+](CCOC)=c1ccc2c(/C=C/C=C3\N(CCCS(=O)(=O)[O-])c4ccc(S(=O)(=O)[O-])cc4C3(C)CCCC(=O)O)c(C)c(-c3ccccc3)oc-2c1. The fourth-order valence-corrected chi connectivity index (χ4v) is 8.28. The van der Waals surface area contributed by atoms with Gasteiger partial charge in [-0.1, -0.05) is 42.5 Å². The number of aliphatic carboxylic acids is 1. The summed E-state index contributed by atoms with van der Waals surface area (Å²) in [5.74, 6) is -0.318. The van der Waals surface area contributed by atoms with Gasteiger partial charge in [0.1, 0.15) is 34.9 Å². The highest BCUT2D eigenvalue weighted by Crippen LogP contribution is 2.51. The normalized spacial score (nSPS) is 16.6. The molecule has 2 aliphatic heterocycles. The van der Waals surface area contributed by atoms with Crippen LogP contribution in [0.4, 0.5) is 5.69 Å². The van der Waals surface area contributed by atoms with Gasteiger partial charge in [-0.25, -0.2) is 21.4 Å². The maximum atomic E-state index is 12.1. The number of hydrogen-bond acceptors (Lipinski definition) is 11. The Labute approximate surface area is 328 Å². The van der Waals surface area contributed by atoms with Gasteiger partial charge in [-0.05, 0) is 74.6 Å². The smallest absolute Gasteiger partial charge is 0.303 e. The number of hydrogen-bond donors (Lipinski definition) is 1. The van der Waals surface area contributed by atoms with Crippen molar-refractivity contribution < 1.29 is 49.7 Å². The maximum Gasteiger partial charge on any atom is 0.303 e. The molecule has 2 aromatic rings. The number of allylic oxidation sites excluding steroid dienone is 3. The molecule has 1 N–H and O–H groups in total. The molecule has 3 aliphatic rings. The summed E-state index contributed by atoms with van der Waals surface area (Å²) in [4.78, 5) is 12.9. The Kier molecular flexibility index (Phi) is 13.7. The molecule has 15 heteroatoms. The summed E-state index contributed by atoms with van der Waals surface area (Å²) in [5, 5.41) is 10.4. The third-order valence-corrected chi connectivity index (χ3v) is 11.7. The van der Waals surface area contributed by atoms with Crippen LogP contribution in [0.2, 0.25) is 0 Å². The summed E-state index contributed by atoms with van der Waals surface area (Å²) < 4.78 is 90.7. The van der Waals surface area contributed by atoms with E-state index < -0.39 is 42.3 Å². The summed E-state index contributed by atoms with van der Waals surface area (Å²) in [6, 6.07) is 19.7. The van der Waals surface area contributed by atoms with Gasteiger partial charge in [0.2, 0.25) is 5.36 Å². The third-order valence-electron chi connectivity index (χ3n) is 10.1. The molecule has 13 nitrogen and oxygen atoms in total. The predicted octanol–water partition coefficient (Wildman–Crippen LogP) is 5.19. The van der Waals surface area contributed by atoms with E-state index in [0.29, 0.717) is 54.8 Å². The minimum absolute atomic E-state index is 0.0301. The first kappa shape index (κ1) is 42.5. The number of benzene rings is 3. The first-order valence-corrected chi connectivity index (χ1v) is 21.2. The second-order valence-corrected chi connectivity index (χ2v) is 16.8. The molecule has 0 radical (unpaired) electrons. The van der Waals surface area contributed by atoms with Gasteiger partial charge in [0.15, 0.2) is 13.1 Å². The second kappa shape index (κ2) is 18.1. The van der Waals surface area contributed by atoms with Crippen LogP contribution in [-0.2, 0) is 39.9 Å². The molecule has 0 aromatic heterocycles. The van der Waals surface area contributed by atoms with E-state index in [2.05, 4.69) is 4.58 Å². The van der Waals surface area contributed by atoms with Gasteiger partial charge in [0, 0.05) is 72.5 Å². The monoisotopic (exact) mass is 807 g/mol. The van der Waals surface area contributed by atoms with Crippen molar-refractivity contribution in [2.24, 2.45) is 0 Å². The summed E-state index contributed by atoms with van der Waals surface area (Å²) in [6.07, 6.45) is 5.92. The number of anilines is 1. The van der Waals surface area contributed by atoms with E-state index in [9.17, 15) is 35.8 Å². The molecule has 56 heavy (non-hydrogen) atoms. The number of nitrogens with zero attached hydrogens (tertiary/aromatic N) is 2. The van der Waals surface area contributed by atoms with E-state index in [1.807, 2.05) is 85.5 Å². The number of methoxy groups -OCH3 is 2. The zero-order valence-electron chi connectivity index (χ0n) is 31.9. The van der Waals surface area contributed by atoms with Gasteiger partial charge in [0.25, 0.3) is 0 Å². The Morgan fingerprint density at radius 2 is 1.66 bits per heavy atom. The van der Waals surface area contributed by atoms with Crippen molar-refractivity contribution in [1.29, 1.82) is 0 Å². The van der Waals surface area contributed by atoms with Crippen molar-refractivity contribution in [3.8, 4) is 22.6 Å². The van der Waals surface area contributed by atoms with Gasteiger partial charge >= 0.3 is 5.97 Å². The lowest BCUT2D eigenvalue weighted by molar-refractivity contribution is -0.137. The van der Waals surface area contributed by atoms with E-state index in [-0.39, 0.29) is 32.2 Å². The quantitative estimate of drug-likeness (QED) is 0.102. The topological polar surface area (TPSA) is 190 Å². The van der Waals surface area contributed by atoms with E-state index >= 15 is 0 Å². The molecule has 1 unspecified atom stereocenters. The molecule has 0 saturated heterocycles. The lowest BCUT2D eigenvalue weighted by atomic mass is 9.77. The van der Waals surface area contributed by atoms with Gasteiger partial charge < -0.3 is 33.0 Å². The minimum atomic E-state index is -4.84. The van der Waals surface area contributed by atoms with E-state index in [4.69, 9.17) is 13.9 Å². The molecule has 1 aliphatic carbocycles. The molecule has 0 saturated carbocycles. The average molecular weight is 808 g/mol. The molecule has 0 fully saturated rings. The third kappa shape index (κ3) is 10.0. The van der Waals surface area contributed by atoms with Crippen molar-refractivity contribution in [1.82, 2.24) is 4.58 Å². The standard InChI is InChI=1S/C41H48N2O11S2/c1-29-33(34-18-16-31(42(22-24-52-3)23-25-53-4)27-37(34)54-40(29)30-11-6-5-7-12-30)13-8-14-38-41(2,20-9-15-39(44)45)35-28-32(56(49,50)51)17-19-36(35)43(38)21-10-26-55(46,47)48/h5-8,11-14,16-19,27-28H,9-10,15,20-26H2,1-4H3,(H2-,44,45,46,47,48,49,50,51)/p-1. The largest absolute Gasteiger partial charge is 0.748 e. The van der Waals surface area contributed by atoms with Crippen molar-refractivity contribution in [2.75, 3.05) is 57.7 Å². The Hall–Kier alpha value is -4.64. The molecule has 5 rings (SSSR count). The first-order valence-electron chi connectivity index (χ1n) is 18.2. The number of ether oxygens (including phenoxy) is 2. The van der Waals surface area contributed by atoms with Crippen LogP contribution in [-0.4, -0.2) is 89.8 Å². The molecule has 0 bridgehead atoms. The molecular weight excluding hydrogens is 761 g/mol. The number of carboxylic acid groups (broad SMARTS) is 1. The van der Waals surface area contributed by atoms with Crippen LogP contribution < -0.4 is 14.8 Å². The summed E-state index contributed by atoms with van der Waals surface area (Å²) in [6.45, 7) is 6.20. The molecule has 2 heterocycles. The van der Waals surface area contributed by atoms with Gasteiger partial charge in [-0.15, -0.1) is 0 Å². The highest BCUT2D eigenvalue weighted by atomic mass is 32.2. The van der Waals surface area contributed by atoms with Crippen LogP contribution in [0.15, 0.2) is 93.9 Å². The predicted molar refractivity (Wildman–Crippen MR) is 211 cm³/mol. The van der Waals surface area contributed by atoms with Gasteiger partial charge in [-0.3, -0.25) is 4.79 Å². The lowest BCUT2D eigenvalue weighted by Crippen LogP contribution is -2.35. The Balaban J connectivity index is 1.70. The van der Waals surface area contributed by atoms with Crippen molar-refractivity contribution in [3.63, 3.8) is 0 Å². The van der Waals surface area contributed by atoms with Crippen LogP contribution in [0.3, 0.4) is 0 Å². The average Bonchev–Trinajstić information content (AvgIpc) is 3.37. The van der Waals surface area contributed by atoms with Crippen LogP contribution >= 0.6 is 0 Å². The van der Waals surface area contributed by atoms with Crippen LogP contribution in [0.1, 0.15) is 49.3 Å². The van der Waals surface area contributed by atoms with Crippen molar-refractivity contribution >= 4 is 38.0 Å². The lowest BCUT2D eigenvalue weighted by Gasteiger charge is -2.30. The zero-order valence-corrected chi connectivity index (χ0v) is 33.5. The Morgan fingerprint density at radius 3 is 2.29 bits per heavy atom. The maximum absolute atomic E-state index is 12.1. The van der Waals surface area contributed by atoms with Gasteiger partial charge in [-0.2, -0.15) is 0 Å². The number of rotatable bonds is 18. The number of carbonyl (C=O) groups is 1. The highest BCUT2D eigenvalue weighted by Gasteiger charge is 2.43. The summed E-state index contributed by atoms with van der Waals surface area (Å²) >= 11 is 0.